The van der Waals surface area contributed by atoms with Gasteiger partial charge in [0.25, 0.3) is 0 Å². The summed E-state index contributed by atoms with van der Waals surface area (Å²) in [6.07, 6.45) is 5.38. The Morgan fingerprint density at radius 3 is 2.88 bits per heavy atom. The third-order valence-corrected chi connectivity index (χ3v) is 2.73. The molecule has 0 aliphatic rings. The largest absolute Gasteiger partial charge is 0.396 e. The molecule has 0 fully saturated rings. The van der Waals surface area contributed by atoms with E-state index in [1.165, 1.54) is 0 Å². The van der Waals surface area contributed by atoms with Crippen molar-refractivity contribution in [2.45, 2.75) is 31.8 Å². The van der Waals surface area contributed by atoms with Gasteiger partial charge in [-0.05, 0) is 19.8 Å². The number of aliphatic hydroxyl groups is 1. The summed E-state index contributed by atoms with van der Waals surface area (Å²) in [5, 5.41) is 12.2. The van der Waals surface area contributed by atoms with Crippen molar-refractivity contribution in [1.29, 1.82) is 0 Å². The molecule has 1 aromatic rings. The third-order valence-electron chi connectivity index (χ3n) is 2.73. The normalized spacial score (nSPS) is 15.0. The van der Waals surface area contributed by atoms with Crippen LogP contribution in [-0.4, -0.2) is 33.9 Å². The zero-order valence-corrected chi connectivity index (χ0v) is 10.1. The lowest BCUT2D eigenvalue weighted by molar-refractivity contribution is 0.273. The van der Waals surface area contributed by atoms with Crippen LogP contribution in [0.25, 0.3) is 0 Å². The number of imidazole rings is 1. The van der Waals surface area contributed by atoms with Gasteiger partial charge in [-0.25, -0.2) is 4.98 Å². The van der Waals surface area contributed by atoms with E-state index in [-0.39, 0.29) is 12.6 Å². The molecule has 1 aromatic heterocycles. The summed E-state index contributed by atoms with van der Waals surface area (Å²) in [6, 6.07) is 0.469. The quantitative estimate of drug-likeness (QED) is 0.619. The average Bonchev–Trinajstić information content (AvgIpc) is 2.69. The monoisotopic (exact) mass is 226 g/mol. The van der Waals surface area contributed by atoms with E-state index in [2.05, 4.69) is 17.2 Å². The first-order chi connectivity index (χ1) is 7.69. The molecule has 0 saturated carbocycles. The first-order valence-electron chi connectivity index (χ1n) is 5.72. The molecule has 0 radical (unpaired) electrons. The van der Waals surface area contributed by atoms with Crippen molar-refractivity contribution < 1.29 is 5.11 Å². The maximum atomic E-state index is 8.77. The standard InChI is InChI=1S/C11H22N4O/c1-9(4-3-5-16)14-10(6-12)11-7-13-8-15(11)2/h7-10,14,16H,3-6,12H2,1-2H3. The van der Waals surface area contributed by atoms with Gasteiger partial charge in [0, 0.05) is 32.4 Å². The molecule has 1 heterocycles. The summed E-state index contributed by atoms with van der Waals surface area (Å²) < 4.78 is 1.98. The fourth-order valence-corrected chi connectivity index (χ4v) is 1.80. The zero-order chi connectivity index (χ0) is 12.0. The Labute approximate surface area is 96.7 Å². The number of hydrogen-bond acceptors (Lipinski definition) is 4. The second kappa shape index (κ2) is 6.62. The first kappa shape index (κ1) is 13.2. The molecule has 5 heteroatoms. The Morgan fingerprint density at radius 2 is 2.38 bits per heavy atom. The molecule has 2 atom stereocenters. The van der Waals surface area contributed by atoms with Crippen LogP contribution >= 0.6 is 0 Å². The summed E-state index contributed by atoms with van der Waals surface area (Å²) >= 11 is 0. The van der Waals surface area contributed by atoms with Gasteiger partial charge in [-0.3, -0.25) is 0 Å². The van der Waals surface area contributed by atoms with Gasteiger partial charge in [0.2, 0.25) is 0 Å². The SMILES string of the molecule is CC(CCCO)NC(CN)c1cncn1C. The van der Waals surface area contributed by atoms with Crippen LogP contribution in [0.4, 0.5) is 0 Å². The van der Waals surface area contributed by atoms with Crippen LogP contribution < -0.4 is 11.1 Å². The Morgan fingerprint density at radius 1 is 1.62 bits per heavy atom. The zero-order valence-electron chi connectivity index (χ0n) is 10.1. The van der Waals surface area contributed by atoms with Gasteiger partial charge in [0.15, 0.2) is 0 Å². The summed E-state index contributed by atoms with van der Waals surface area (Å²) in [5.41, 5.74) is 6.85. The number of nitrogens with one attached hydrogen (secondary N) is 1. The van der Waals surface area contributed by atoms with Crippen molar-refractivity contribution in [3.63, 3.8) is 0 Å². The van der Waals surface area contributed by atoms with E-state index < -0.39 is 0 Å². The number of nitrogens with two attached hydrogens (primary N) is 1. The van der Waals surface area contributed by atoms with Gasteiger partial charge in [-0.15, -0.1) is 0 Å². The van der Waals surface area contributed by atoms with Gasteiger partial charge < -0.3 is 20.7 Å². The highest BCUT2D eigenvalue weighted by Gasteiger charge is 2.15. The molecule has 5 nitrogen and oxygen atoms in total. The molecule has 0 spiro atoms. The highest BCUT2D eigenvalue weighted by molar-refractivity contribution is 5.05. The Hall–Kier alpha value is -0.910. The van der Waals surface area contributed by atoms with E-state index >= 15 is 0 Å². The molecule has 0 aliphatic carbocycles. The van der Waals surface area contributed by atoms with E-state index in [0.29, 0.717) is 12.6 Å². The Balaban J connectivity index is 2.52. The molecule has 4 N–H and O–H groups in total. The van der Waals surface area contributed by atoms with Gasteiger partial charge in [0.05, 0.1) is 18.1 Å². The minimum absolute atomic E-state index is 0.126. The van der Waals surface area contributed by atoms with E-state index in [0.717, 1.165) is 18.5 Å². The van der Waals surface area contributed by atoms with Crippen molar-refractivity contribution >= 4 is 0 Å². The van der Waals surface area contributed by atoms with Gasteiger partial charge >= 0.3 is 0 Å². The molecule has 16 heavy (non-hydrogen) atoms. The molecular formula is C11H22N4O. The number of aryl methyl sites for hydroxylation is 1. The lowest BCUT2D eigenvalue weighted by Crippen LogP contribution is -2.36. The molecule has 0 amide bonds. The Bertz CT molecular complexity index is 300. The molecule has 0 bridgehead atoms. The van der Waals surface area contributed by atoms with Crippen LogP contribution in [0, 0.1) is 0 Å². The van der Waals surface area contributed by atoms with Gasteiger partial charge in [-0.2, -0.15) is 0 Å². The fraction of sp³-hybridized carbons (Fsp3) is 0.727. The highest BCUT2D eigenvalue weighted by Crippen LogP contribution is 2.12. The lowest BCUT2D eigenvalue weighted by Gasteiger charge is -2.22. The molecular weight excluding hydrogens is 204 g/mol. The predicted octanol–water partition coefficient (Wildman–Crippen LogP) is 0.171. The van der Waals surface area contributed by atoms with Crippen molar-refractivity contribution in [2.75, 3.05) is 13.2 Å². The summed E-state index contributed by atoms with van der Waals surface area (Å²) in [4.78, 5) is 4.09. The lowest BCUT2D eigenvalue weighted by atomic mass is 10.1. The molecule has 2 unspecified atom stereocenters. The average molecular weight is 226 g/mol. The van der Waals surface area contributed by atoms with Crippen LogP contribution in [-0.2, 0) is 7.05 Å². The number of rotatable bonds is 7. The van der Waals surface area contributed by atoms with Crippen molar-refractivity contribution in [1.82, 2.24) is 14.9 Å². The number of nitrogens with zero attached hydrogens (tertiary/aromatic N) is 2. The summed E-state index contributed by atoms with van der Waals surface area (Å²) in [6.45, 7) is 2.89. The topological polar surface area (TPSA) is 76.1 Å². The third kappa shape index (κ3) is 3.59. The number of aromatic nitrogens is 2. The van der Waals surface area contributed by atoms with Gasteiger partial charge in [-0.1, -0.05) is 0 Å². The van der Waals surface area contributed by atoms with E-state index in [4.69, 9.17) is 10.8 Å². The van der Waals surface area contributed by atoms with Crippen molar-refractivity contribution in [2.24, 2.45) is 12.8 Å². The second-order valence-corrected chi connectivity index (χ2v) is 4.15. The van der Waals surface area contributed by atoms with Crippen molar-refractivity contribution in [3.8, 4) is 0 Å². The maximum absolute atomic E-state index is 8.77. The fourth-order valence-electron chi connectivity index (χ4n) is 1.80. The number of hydrogen-bond donors (Lipinski definition) is 3. The second-order valence-electron chi connectivity index (χ2n) is 4.15. The predicted molar refractivity (Wildman–Crippen MR) is 63.9 cm³/mol. The molecule has 1 rings (SSSR count). The van der Waals surface area contributed by atoms with Gasteiger partial charge in [0.1, 0.15) is 0 Å². The van der Waals surface area contributed by atoms with E-state index in [1.54, 1.807) is 6.33 Å². The molecule has 0 saturated heterocycles. The summed E-state index contributed by atoms with van der Waals surface area (Å²) in [7, 11) is 1.96. The Kier molecular flexibility index (Phi) is 5.45. The molecule has 92 valence electrons. The van der Waals surface area contributed by atoms with Crippen LogP contribution in [0.3, 0.4) is 0 Å². The van der Waals surface area contributed by atoms with E-state index in [9.17, 15) is 0 Å². The summed E-state index contributed by atoms with van der Waals surface area (Å²) in [5.74, 6) is 0. The van der Waals surface area contributed by atoms with E-state index in [1.807, 2.05) is 17.8 Å². The van der Waals surface area contributed by atoms with Crippen LogP contribution in [0.2, 0.25) is 0 Å². The minimum atomic E-state index is 0.126. The highest BCUT2D eigenvalue weighted by atomic mass is 16.2. The molecule has 0 aliphatic heterocycles. The molecule has 0 aromatic carbocycles. The number of aliphatic hydroxyl groups excluding tert-OH is 1. The minimum Gasteiger partial charge on any atom is -0.396 e. The first-order valence-corrected chi connectivity index (χ1v) is 5.72. The van der Waals surface area contributed by atoms with Crippen molar-refractivity contribution in [3.05, 3.63) is 18.2 Å². The van der Waals surface area contributed by atoms with Crippen LogP contribution in [0.1, 0.15) is 31.5 Å². The van der Waals surface area contributed by atoms with Crippen LogP contribution in [0.15, 0.2) is 12.5 Å². The smallest absolute Gasteiger partial charge is 0.0946 e. The maximum Gasteiger partial charge on any atom is 0.0946 e. The van der Waals surface area contributed by atoms with Crippen LogP contribution in [0.5, 0.6) is 0 Å².